The van der Waals surface area contributed by atoms with Crippen LogP contribution in [-0.2, 0) is 0 Å². The van der Waals surface area contributed by atoms with Crippen LogP contribution >= 0.6 is 11.8 Å². The average molecular weight is 264 g/mol. The predicted octanol–water partition coefficient (Wildman–Crippen LogP) is 3.73. The molecule has 1 aromatic heterocycles. The summed E-state index contributed by atoms with van der Waals surface area (Å²) >= 11 is 2.02. The first kappa shape index (κ1) is 13.9. The van der Waals surface area contributed by atoms with E-state index in [-0.39, 0.29) is 0 Å². The Morgan fingerprint density at radius 1 is 1.33 bits per heavy atom. The van der Waals surface area contributed by atoms with Crippen LogP contribution in [0.25, 0.3) is 0 Å². The third-order valence-electron chi connectivity index (χ3n) is 3.91. The fourth-order valence-electron chi connectivity index (χ4n) is 2.93. The van der Waals surface area contributed by atoms with Crippen LogP contribution in [-0.4, -0.2) is 23.3 Å². The lowest BCUT2D eigenvalue weighted by molar-refractivity contribution is 0.295. The molecule has 1 fully saturated rings. The largest absolute Gasteiger partial charge is 0.316 e. The molecular formula is C15H24N2S. The van der Waals surface area contributed by atoms with Gasteiger partial charge in [0.15, 0.2) is 0 Å². The van der Waals surface area contributed by atoms with E-state index < -0.39 is 0 Å². The first-order chi connectivity index (χ1) is 8.83. The highest BCUT2D eigenvalue weighted by Crippen LogP contribution is 2.37. The van der Waals surface area contributed by atoms with Crippen molar-refractivity contribution in [3.63, 3.8) is 0 Å². The van der Waals surface area contributed by atoms with Gasteiger partial charge in [-0.25, -0.2) is 0 Å². The topological polar surface area (TPSA) is 24.9 Å². The first-order valence-corrected chi connectivity index (χ1v) is 7.95. The Labute approximate surface area is 115 Å². The summed E-state index contributed by atoms with van der Waals surface area (Å²) in [6.07, 6.45) is 10.6. The van der Waals surface area contributed by atoms with Crippen molar-refractivity contribution in [1.29, 1.82) is 0 Å². The second-order valence-corrected chi connectivity index (χ2v) is 6.51. The molecule has 2 nitrogen and oxygen atoms in total. The van der Waals surface area contributed by atoms with Crippen LogP contribution in [0.3, 0.4) is 0 Å². The van der Waals surface area contributed by atoms with Crippen LogP contribution in [0.2, 0.25) is 0 Å². The highest BCUT2D eigenvalue weighted by atomic mass is 32.2. The van der Waals surface area contributed by atoms with Gasteiger partial charge in [-0.3, -0.25) is 4.98 Å². The van der Waals surface area contributed by atoms with Gasteiger partial charge in [0.2, 0.25) is 0 Å². The number of rotatable bonds is 5. The Kier molecular flexibility index (Phi) is 5.51. The molecule has 0 amide bonds. The molecule has 100 valence electrons. The lowest BCUT2D eigenvalue weighted by Crippen LogP contribution is -2.40. The Morgan fingerprint density at radius 3 is 2.78 bits per heavy atom. The zero-order valence-corrected chi connectivity index (χ0v) is 12.2. The van der Waals surface area contributed by atoms with Crippen molar-refractivity contribution in [2.24, 2.45) is 5.92 Å². The van der Waals surface area contributed by atoms with E-state index in [0.717, 1.165) is 5.92 Å². The summed E-state index contributed by atoms with van der Waals surface area (Å²) in [6.45, 7) is 2.30. The lowest BCUT2D eigenvalue weighted by atomic mass is 9.83. The molecule has 1 N–H and O–H groups in total. The molecule has 3 heteroatoms. The third kappa shape index (κ3) is 3.72. The Hall–Kier alpha value is -0.540. The van der Waals surface area contributed by atoms with E-state index in [9.17, 15) is 0 Å². The molecule has 3 atom stereocenters. The molecule has 2 rings (SSSR count). The van der Waals surface area contributed by atoms with Crippen molar-refractivity contribution in [3.05, 3.63) is 24.5 Å². The minimum absolute atomic E-state index is 0.663. The summed E-state index contributed by atoms with van der Waals surface area (Å²) in [6, 6.07) is 4.91. The van der Waals surface area contributed by atoms with Gasteiger partial charge in [0.25, 0.3) is 0 Å². The summed E-state index contributed by atoms with van der Waals surface area (Å²) in [4.78, 5) is 5.45. The molecule has 1 aliphatic rings. The Balaban J connectivity index is 1.98. The van der Waals surface area contributed by atoms with Crippen molar-refractivity contribution >= 4 is 11.8 Å². The molecule has 0 aromatic carbocycles. The van der Waals surface area contributed by atoms with Gasteiger partial charge in [-0.2, -0.15) is 0 Å². The average Bonchev–Trinajstić information content (AvgIpc) is 2.41. The molecule has 0 aliphatic heterocycles. The predicted molar refractivity (Wildman–Crippen MR) is 79.0 cm³/mol. The maximum atomic E-state index is 4.09. The van der Waals surface area contributed by atoms with E-state index in [1.54, 1.807) is 0 Å². The summed E-state index contributed by atoms with van der Waals surface area (Å²) in [5, 5.41) is 4.21. The molecule has 18 heavy (non-hydrogen) atoms. The molecule has 1 heterocycles. The third-order valence-corrected chi connectivity index (χ3v) is 5.27. The zero-order valence-electron chi connectivity index (χ0n) is 11.4. The quantitative estimate of drug-likeness (QED) is 0.877. The highest BCUT2D eigenvalue weighted by Gasteiger charge is 2.29. The number of thioether (sulfide) groups is 1. The maximum absolute atomic E-state index is 4.09. The summed E-state index contributed by atoms with van der Waals surface area (Å²) < 4.78 is 0. The van der Waals surface area contributed by atoms with Gasteiger partial charge >= 0.3 is 0 Å². The summed E-state index contributed by atoms with van der Waals surface area (Å²) in [5.74, 6) is 0.930. The number of nitrogens with one attached hydrogen (secondary N) is 1. The smallest absolute Gasteiger partial charge is 0.0278 e. The number of pyridine rings is 1. The second-order valence-electron chi connectivity index (χ2n) is 5.20. The highest BCUT2D eigenvalue weighted by molar-refractivity contribution is 8.00. The summed E-state index contributed by atoms with van der Waals surface area (Å²) in [7, 11) is 2.10. The maximum Gasteiger partial charge on any atom is 0.0278 e. The fraction of sp³-hybridized carbons (Fsp3) is 0.667. The van der Waals surface area contributed by atoms with Crippen LogP contribution in [0.4, 0.5) is 0 Å². The molecular weight excluding hydrogens is 240 g/mol. The van der Waals surface area contributed by atoms with Gasteiger partial charge < -0.3 is 5.32 Å². The minimum atomic E-state index is 0.663. The van der Waals surface area contributed by atoms with E-state index in [1.807, 2.05) is 24.2 Å². The first-order valence-electron chi connectivity index (χ1n) is 7.07. The number of hydrogen-bond acceptors (Lipinski definition) is 3. The number of nitrogens with zero attached hydrogens (tertiary/aromatic N) is 1. The molecule has 0 bridgehead atoms. The Morgan fingerprint density at radius 2 is 2.11 bits per heavy atom. The molecule has 1 saturated carbocycles. The van der Waals surface area contributed by atoms with Gasteiger partial charge in [0.05, 0.1) is 0 Å². The van der Waals surface area contributed by atoms with Gasteiger partial charge in [-0.15, -0.1) is 11.8 Å². The van der Waals surface area contributed by atoms with Crippen molar-refractivity contribution in [3.8, 4) is 0 Å². The van der Waals surface area contributed by atoms with Crippen LogP contribution in [0.5, 0.6) is 0 Å². The van der Waals surface area contributed by atoms with E-state index in [4.69, 9.17) is 0 Å². The number of aromatic nitrogens is 1. The van der Waals surface area contributed by atoms with E-state index in [1.165, 1.54) is 37.0 Å². The monoisotopic (exact) mass is 264 g/mol. The lowest BCUT2D eigenvalue weighted by Gasteiger charge is -2.35. The fourth-order valence-corrected chi connectivity index (χ4v) is 4.37. The van der Waals surface area contributed by atoms with Crippen LogP contribution in [0.1, 0.15) is 39.0 Å². The molecule has 0 spiro atoms. The normalized spacial score (nSPS) is 28.2. The van der Waals surface area contributed by atoms with E-state index in [0.29, 0.717) is 11.3 Å². The van der Waals surface area contributed by atoms with E-state index >= 15 is 0 Å². The Bertz CT molecular complexity index is 342. The van der Waals surface area contributed by atoms with Gasteiger partial charge in [0.1, 0.15) is 0 Å². The summed E-state index contributed by atoms with van der Waals surface area (Å²) in [5.41, 5.74) is 0. The molecule has 0 radical (unpaired) electrons. The minimum Gasteiger partial charge on any atom is -0.316 e. The van der Waals surface area contributed by atoms with Crippen LogP contribution < -0.4 is 5.32 Å². The van der Waals surface area contributed by atoms with Gasteiger partial charge in [-0.05, 0) is 44.4 Å². The standard InChI is InChI=1S/C15H24N2S/c1-3-4-12-5-6-14(16-2)15(11-12)18-13-7-9-17-10-8-13/h7-10,12,14-16H,3-6,11H2,1-2H3. The van der Waals surface area contributed by atoms with E-state index in [2.05, 4.69) is 36.4 Å². The number of hydrogen-bond donors (Lipinski definition) is 1. The van der Waals surface area contributed by atoms with Crippen molar-refractivity contribution < 1.29 is 0 Å². The SMILES string of the molecule is CCCC1CCC(NC)C(Sc2ccncc2)C1. The van der Waals surface area contributed by atoms with Gasteiger partial charge in [-0.1, -0.05) is 19.8 Å². The van der Waals surface area contributed by atoms with Crippen LogP contribution in [0.15, 0.2) is 29.4 Å². The van der Waals surface area contributed by atoms with Crippen molar-refractivity contribution in [2.45, 2.75) is 55.2 Å². The molecule has 1 aliphatic carbocycles. The van der Waals surface area contributed by atoms with Crippen LogP contribution in [0, 0.1) is 5.92 Å². The van der Waals surface area contributed by atoms with Crippen molar-refractivity contribution in [1.82, 2.24) is 10.3 Å². The van der Waals surface area contributed by atoms with Crippen molar-refractivity contribution in [2.75, 3.05) is 7.05 Å². The zero-order chi connectivity index (χ0) is 12.8. The molecule has 1 aromatic rings. The molecule has 3 unspecified atom stereocenters. The second kappa shape index (κ2) is 7.15. The molecule has 0 saturated heterocycles. The van der Waals surface area contributed by atoms with Gasteiger partial charge in [0, 0.05) is 28.6 Å².